The molecule has 0 radical (unpaired) electrons. The first-order chi connectivity index (χ1) is 10.4. The van der Waals surface area contributed by atoms with Gasteiger partial charge in [-0.2, -0.15) is 0 Å². The third-order valence-electron chi connectivity index (χ3n) is 5.22. The molecular weight excluding hydrogens is 340 g/mol. The molecule has 1 aromatic rings. The Morgan fingerprint density at radius 1 is 1.23 bits per heavy atom. The number of amides is 1. The van der Waals surface area contributed by atoms with Crippen LogP contribution in [0.4, 0.5) is 0 Å². The van der Waals surface area contributed by atoms with Crippen molar-refractivity contribution in [2.24, 2.45) is 0 Å². The number of likely N-dealkylation sites (N-methyl/N-ethyl adjacent to an activating group) is 1. The van der Waals surface area contributed by atoms with Gasteiger partial charge in [-0.25, -0.2) is 0 Å². The molecular formula is C18H25BrN2O. The van der Waals surface area contributed by atoms with E-state index in [9.17, 15) is 4.79 Å². The van der Waals surface area contributed by atoms with Crippen molar-refractivity contribution in [3.05, 3.63) is 33.8 Å². The first-order valence-corrected chi connectivity index (χ1v) is 9.03. The zero-order valence-electron chi connectivity index (χ0n) is 13.7. The highest BCUT2D eigenvalue weighted by molar-refractivity contribution is 9.10. The second kappa shape index (κ2) is 5.97. The Balaban J connectivity index is 2.00. The Hall–Kier alpha value is -0.870. The van der Waals surface area contributed by atoms with Crippen LogP contribution in [0.25, 0.3) is 0 Å². The maximum atomic E-state index is 12.8. The molecule has 3 rings (SSSR count). The number of fused-ring (bicyclic) bond motifs is 1. The fraction of sp³-hybridized carbons (Fsp3) is 0.611. The monoisotopic (exact) mass is 364 g/mol. The molecule has 1 fully saturated rings. The van der Waals surface area contributed by atoms with Gasteiger partial charge in [0.1, 0.15) is 6.04 Å². The van der Waals surface area contributed by atoms with Crippen LogP contribution in [0.15, 0.2) is 22.7 Å². The molecule has 1 aromatic carbocycles. The number of carbonyl (C=O) groups is 1. The van der Waals surface area contributed by atoms with Crippen molar-refractivity contribution in [3.63, 3.8) is 0 Å². The lowest BCUT2D eigenvalue weighted by atomic mass is 9.81. The van der Waals surface area contributed by atoms with Gasteiger partial charge in [0, 0.05) is 10.5 Å². The van der Waals surface area contributed by atoms with E-state index < -0.39 is 0 Å². The standard InChI is InChI=1S/C18H25BrN2O/c1-18(2)15-10-9-12(19)11-14(15)16(17(22)20-18)21(3)13-7-5-4-6-8-13/h9-11,13,16H,4-8H2,1-3H3,(H,20,22). The van der Waals surface area contributed by atoms with Crippen LogP contribution < -0.4 is 5.32 Å². The van der Waals surface area contributed by atoms with E-state index in [-0.39, 0.29) is 17.5 Å². The zero-order valence-corrected chi connectivity index (χ0v) is 15.2. The summed E-state index contributed by atoms with van der Waals surface area (Å²) in [6.45, 7) is 4.16. The molecule has 1 atom stereocenters. The summed E-state index contributed by atoms with van der Waals surface area (Å²) in [4.78, 5) is 15.1. The summed E-state index contributed by atoms with van der Waals surface area (Å²) in [6.07, 6.45) is 6.29. The first kappa shape index (κ1) is 16.0. The molecule has 120 valence electrons. The quantitative estimate of drug-likeness (QED) is 0.855. The van der Waals surface area contributed by atoms with E-state index in [2.05, 4.69) is 65.2 Å². The normalized spacial score (nSPS) is 25.0. The van der Waals surface area contributed by atoms with Crippen molar-refractivity contribution < 1.29 is 4.79 Å². The van der Waals surface area contributed by atoms with Crippen molar-refractivity contribution in [2.75, 3.05) is 7.05 Å². The van der Waals surface area contributed by atoms with Gasteiger partial charge < -0.3 is 5.32 Å². The second-order valence-corrected chi connectivity index (χ2v) is 8.12. The van der Waals surface area contributed by atoms with Gasteiger partial charge in [0.15, 0.2) is 0 Å². The Labute approximate surface area is 141 Å². The number of halogens is 1. The Morgan fingerprint density at radius 3 is 2.59 bits per heavy atom. The van der Waals surface area contributed by atoms with Gasteiger partial charge in [0.05, 0.1) is 5.54 Å². The lowest BCUT2D eigenvalue weighted by molar-refractivity contribution is -0.130. The molecule has 1 heterocycles. The van der Waals surface area contributed by atoms with E-state index in [1.54, 1.807) is 0 Å². The van der Waals surface area contributed by atoms with Crippen molar-refractivity contribution in [3.8, 4) is 0 Å². The van der Waals surface area contributed by atoms with Crippen LogP contribution in [0.2, 0.25) is 0 Å². The number of nitrogens with zero attached hydrogens (tertiary/aromatic N) is 1. The Morgan fingerprint density at radius 2 is 1.91 bits per heavy atom. The first-order valence-electron chi connectivity index (χ1n) is 8.24. The predicted octanol–water partition coefficient (Wildman–Crippen LogP) is 4.12. The summed E-state index contributed by atoms with van der Waals surface area (Å²) in [7, 11) is 2.11. The van der Waals surface area contributed by atoms with Crippen molar-refractivity contribution in [1.29, 1.82) is 0 Å². The molecule has 1 aliphatic carbocycles. The smallest absolute Gasteiger partial charge is 0.242 e. The molecule has 1 saturated carbocycles. The van der Waals surface area contributed by atoms with E-state index in [4.69, 9.17) is 0 Å². The number of benzene rings is 1. The van der Waals surface area contributed by atoms with Gasteiger partial charge in [0.2, 0.25) is 5.91 Å². The molecule has 0 aromatic heterocycles. The van der Waals surface area contributed by atoms with Crippen LogP contribution in [0.5, 0.6) is 0 Å². The van der Waals surface area contributed by atoms with E-state index in [0.29, 0.717) is 6.04 Å². The molecule has 0 saturated heterocycles. The molecule has 22 heavy (non-hydrogen) atoms. The molecule has 1 aliphatic heterocycles. The second-order valence-electron chi connectivity index (χ2n) is 7.21. The van der Waals surface area contributed by atoms with Crippen LogP contribution in [0, 0.1) is 0 Å². The van der Waals surface area contributed by atoms with Gasteiger partial charge >= 0.3 is 0 Å². The third-order valence-corrected chi connectivity index (χ3v) is 5.72. The summed E-state index contributed by atoms with van der Waals surface area (Å²) in [5.41, 5.74) is 2.07. The topological polar surface area (TPSA) is 32.3 Å². The molecule has 2 aliphatic rings. The highest BCUT2D eigenvalue weighted by Crippen LogP contribution is 2.39. The predicted molar refractivity (Wildman–Crippen MR) is 92.7 cm³/mol. The van der Waals surface area contributed by atoms with Crippen molar-refractivity contribution in [2.45, 2.75) is 63.6 Å². The fourth-order valence-electron chi connectivity index (χ4n) is 4.02. The highest BCUT2D eigenvalue weighted by atomic mass is 79.9. The average Bonchev–Trinajstić information content (AvgIpc) is 2.46. The molecule has 0 bridgehead atoms. The number of carbonyl (C=O) groups excluding carboxylic acids is 1. The molecule has 1 N–H and O–H groups in total. The van der Waals surface area contributed by atoms with Gasteiger partial charge in [0.25, 0.3) is 0 Å². The number of nitrogens with one attached hydrogen (secondary N) is 1. The minimum Gasteiger partial charge on any atom is -0.345 e. The number of rotatable bonds is 2. The largest absolute Gasteiger partial charge is 0.345 e. The van der Waals surface area contributed by atoms with Crippen LogP contribution in [0.3, 0.4) is 0 Å². The zero-order chi connectivity index (χ0) is 15.9. The lowest BCUT2D eigenvalue weighted by Gasteiger charge is -2.44. The van der Waals surface area contributed by atoms with E-state index in [1.165, 1.54) is 37.7 Å². The van der Waals surface area contributed by atoms with Gasteiger partial charge in [-0.1, -0.05) is 41.3 Å². The van der Waals surface area contributed by atoms with Crippen LogP contribution >= 0.6 is 15.9 Å². The number of hydrogen-bond acceptors (Lipinski definition) is 2. The van der Waals surface area contributed by atoms with Gasteiger partial charge in [-0.15, -0.1) is 0 Å². The highest BCUT2D eigenvalue weighted by Gasteiger charge is 2.41. The Bertz CT molecular complexity index is 578. The summed E-state index contributed by atoms with van der Waals surface area (Å²) in [6, 6.07) is 6.66. The summed E-state index contributed by atoms with van der Waals surface area (Å²) in [5, 5.41) is 3.21. The molecule has 1 amide bonds. The lowest BCUT2D eigenvalue weighted by Crippen LogP contribution is -2.54. The fourth-order valence-corrected chi connectivity index (χ4v) is 4.40. The third kappa shape index (κ3) is 2.83. The van der Waals surface area contributed by atoms with Crippen LogP contribution in [-0.4, -0.2) is 23.9 Å². The minimum atomic E-state index is -0.309. The minimum absolute atomic E-state index is 0.128. The van der Waals surface area contributed by atoms with Crippen molar-refractivity contribution in [1.82, 2.24) is 10.2 Å². The molecule has 0 spiro atoms. The van der Waals surface area contributed by atoms with Crippen LogP contribution in [-0.2, 0) is 10.3 Å². The molecule has 3 nitrogen and oxygen atoms in total. The summed E-state index contributed by atoms with van der Waals surface area (Å²) in [5.74, 6) is 0.128. The maximum Gasteiger partial charge on any atom is 0.242 e. The van der Waals surface area contributed by atoms with E-state index >= 15 is 0 Å². The summed E-state index contributed by atoms with van der Waals surface area (Å²) >= 11 is 3.57. The summed E-state index contributed by atoms with van der Waals surface area (Å²) < 4.78 is 1.04. The van der Waals surface area contributed by atoms with E-state index in [1.807, 2.05) is 0 Å². The van der Waals surface area contributed by atoms with Gasteiger partial charge in [-0.3, -0.25) is 9.69 Å². The average molecular weight is 365 g/mol. The SMILES string of the molecule is CN(C1CCCCC1)C1C(=O)NC(C)(C)c2ccc(Br)cc21. The number of hydrogen-bond donors (Lipinski definition) is 1. The van der Waals surface area contributed by atoms with E-state index in [0.717, 1.165) is 10.0 Å². The molecule has 4 heteroatoms. The molecule has 1 unspecified atom stereocenters. The van der Waals surface area contributed by atoms with Gasteiger partial charge in [-0.05, 0) is 57.0 Å². The van der Waals surface area contributed by atoms with Crippen LogP contribution in [0.1, 0.15) is 63.1 Å². The maximum absolute atomic E-state index is 12.8. The Kier molecular flexibility index (Phi) is 4.34. The van der Waals surface area contributed by atoms with Crippen molar-refractivity contribution >= 4 is 21.8 Å².